The van der Waals surface area contributed by atoms with Crippen LogP contribution in [0.5, 0.6) is 0 Å². The molecule has 31 heavy (non-hydrogen) atoms. The molecule has 2 aromatic rings. The Morgan fingerprint density at radius 3 is 2.77 bits per heavy atom. The lowest BCUT2D eigenvalue weighted by Gasteiger charge is -2.28. The van der Waals surface area contributed by atoms with Crippen LogP contribution in [0.15, 0.2) is 11.8 Å². The first-order chi connectivity index (χ1) is 15.0. The van der Waals surface area contributed by atoms with Gasteiger partial charge in [-0.05, 0) is 31.8 Å². The van der Waals surface area contributed by atoms with Gasteiger partial charge in [0, 0.05) is 36.2 Å². The minimum Gasteiger partial charge on any atom is -0.384 e. The molecule has 3 N–H and O–H groups in total. The number of ether oxygens (including phenoxy) is 1. The van der Waals surface area contributed by atoms with Gasteiger partial charge in [0.15, 0.2) is 5.65 Å². The molecule has 2 aliphatic carbocycles. The number of hydrogen-bond acceptors (Lipinski definition) is 8. The van der Waals surface area contributed by atoms with Crippen molar-refractivity contribution in [3.05, 3.63) is 17.3 Å². The molecule has 2 aromatic heterocycles. The van der Waals surface area contributed by atoms with E-state index in [9.17, 15) is 9.59 Å². The van der Waals surface area contributed by atoms with Crippen LogP contribution < -0.4 is 16.0 Å². The number of rotatable bonds is 8. The Morgan fingerprint density at radius 2 is 2.10 bits per heavy atom. The van der Waals surface area contributed by atoms with E-state index in [0.29, 0.717) is 41.3 Å². The van der Waals surface area contributed by atoms with E-state index in [0.717, 1.165) is 32.2 Å². The van der Waals surface area contributed by atoms with E-state index < -0.39 is 0 Å². The molecule has 2 saturated carbocycles. The standard InChI is InChI=1S/C21H27N7O3/c1-31-12-21(6-2-3-7-21)11-22-19-26-17-14(8-13-9-16(29)25-18(13)30)10-23-28(17)20(27-19)24-15-4-5-15/h8,10,15H,2-7,9,11-12H2,1H3,(H,25,29,30)(H2,22,24,26,27)/b13-8+. The number of carbonyl (C=O) groups is 2. The van der Waals surface area contributed by atoms with Crippen LogP contribution in [0.4, 0.5) is 11.9 Å². The minimum absolute atomic E-state index is 0.0685. The van der Waals surface area contributed by atoms with Crippen LogP contribution in [0, 0.1) is 5.41 Å². The summed E-state index contributed by atoms with van der Waals surface area (Å²) in [7, 11) is 1.75. The molecule has 0 unspecified atom stereocenters. The van der Waals surface area contributed by atoms with Crippen molar-refractivity contribution in [1.82, 2.24) is 24.9 Å². The summed E-state index contributed by atoms with van der Waals surface area (Å²) in [4.78, 5) is 32.9. The third-order valence-electron chi connectivity index (χ3n) is 6.27. The van der Waals surface area contributed by atoms with Gasteiger partial charge in [-0.25, -0.2) is 0 Å². The zero-order valence-corrected chi connectivity index (χ0v) is 17.6. The van der Waals surface area contributed by atoms with E-state index in [1.807, 2.05) is 0 Å². The summed E-state index contributed by atoms with van der Waals surface area (Å²) >= 11 is 0. The Balaban J connectivity index is 1.47. The fourth-order valence-corrected chi connectivity index (χ4v) is 4.46. The van der Waals surface area contributed by atoms with E-state index in [-0.39, 0.29) is 23.7 Å². The zero-order chi connectivity index (χ0) is 21.4. The highest BCUT2D eigenvalue weighted by atomic mass is 16.5. The summed E-state index contributed by atoms with van der Waals surface area (Å²) in [6.07, 6.45) is 10.3. The topological polar surface area (TPSA) is 123 Å². The number of amides is 2. The molecule has 0 spiro atoms. The van der Waals surface area contributed by atoms with Crippen molar-refractivity contribution in [1.29, 1.82) is 0 Å². The van der Waals surface area contributed by atoms with Crippen molar-refractivity contribution >= 4 is 35.4 Å². The van der Waals surface area contributed by atoms with Gasteiger partial charge in [0.25, 0.3) is 5.91 Å². The van der Waals surface area contributed by atoms with Crippen molar-refractivity contribution < 1.29 is 14.3 Å². The molecule has 0 bridgehead atoms. The number of nitrogens with zero attached hydrogens (tertiary/aromatic N) is 4. The number of carbonyl (C=O) groups excluding carboxylic acids is 2. The molecular weight excluding hydrogens is 398 g/mol. The molecule has 164 valence electrons. The minimum atomic E-state index is -0.365. The van der Waals surface area contributed by atoms with Crippen molar-refractivity contribution in [3.8, 4) is 0 Å². The second kappa shape index (κ2) is 7.92. The normalized spacial score (nSPS) is 21.8. The maximum absolute atomic E-state index is 12.0. The van der Waals surface area contributed by atoms with Gasteiger partial charge in [0.1, 0.15) is 0 Å². The highest BCUT2D eigenvalue weighted by Crippen LogP contribution is 2.38. The summed E-state index contributed by atoms with van der Waals surface area (Å²) in [5, 5.41) is 13.6. The molecule has 10 nitrogen and oxygen atoms in total. The first-order valence-electron chi connectivity index (χ1n) is 10.9. The first kappa shape index (κ1) is 19.9. The Labute approximate surface area is 179 Å². The second-order valence-electron chi connectivity index (χ2n) is 8.84. The average molecular weight is 425 g/mol. The highest BCUT2D eigenvalue weighted by molar-refractivity contribution is 6.15. The Kier molecular flexibility index (Phi) is 5.09. The fraction of sp³-hybridized carbons (Fsp3) is 0.571. The van der Waals surface area contributed by atoms with Gasteiger partial charge in [0.05, 0.1) is 19.2 Å². The van der Waals surface area contributed by atoms with Crippen LogP contribution in [0.3, 0.4) is 0 Å². The van der Waals surface area contributed by atoms with E-state index >= 15 is 0 Å². The van der Waals surface area contributed by atoms with Gasteiger partial charge < -0.3 is 15.4 Å². The largest absolute Gasteiger partial charge is 0.384 e. The number of imide groups is 1. The lowest BCUT2D eigenvalue weighted by molar-refractivity contribution is -0.124. The summed E-state index contributed by atoms with van der Waals surface area (Å²) in [6.45, 7) is 1.45. The lowest BCUT2D eigenvalue weighted by Crippen LogP contribution is -2.32. The molecule has 3 heterocycles. The van der Waals surface area contributed by atoms with Crippen LogP contribution in [0.2, 0.25) is 0 Å². The van der Waals surface area contributed by atoms with E-state index in [1.54, 1.807) is 23.9 Å². The number of nitrogens with one attached hydrogen (secondary N) is 3. The molecule has 1 aliphatic heterocycles. The average Bonchev–Trinajstić information content (AvgIpc) is 3.14. The maximum Gasteiger partial charge on any atom is 0.254 e. The molecule has 3 fully saturated rings. The van der Waals surface area contributed by atoms with Crippen LogP contribution in [0.25, 0.3) is 11.7 Å². The summed E-state index contributed by atoms with van der Waals surface area (Å²) < 4.78 is 7.15. The quantitative estimate of drug-likeness (QED) is 0.432. The zero-order valence-electron chi connectivity index (χ0n) is 17.6. The van der Waals surface area contributed by atoms with Crippen LogP contribution in [0.1, 0.15) is 50.5 Å². The van der Waals surface area contributed by atoms with E-state index in [1.165, 1.54) is 12.8 Å². The molecule has 10 heteroatoms. The predicted octanol–water partition coefficient (Wildman–Crippen LogP) is 1.75. The van der Waals surface area contributed by atoms with Crippen molar-refractivity contribution in [2.75, 3.05) is 30.9 Å². The van der Waals surface area contributed by atoms with Gasteiger partial charge in [-0.15, -0.1) is 0 Å². The van der Waals surface area contributed by atoms with Crippen LogP contribution in [-0.2, 0) is 14.3 Å². The van der Waals surface area contributed by atoms with Crippen LogP contribution >= 0.6 is 0 Å². The van der Waals surface area contributed by atoms with Crippen molar-refractivity contribution in [2.45, 2.75) is 51.0 Å². The molecule has 1 saturated heterocycles. The number of methoxy groups -OCH3 is 1. The molecule has 0 radical (unpaired) electrons. The molecule has 0 atom stereocenters. The lowest BCUT2D eigenvalue weighted by atomic mass is 9.87. The summed E-state index contributed by atoms with van der Waals surface area (Å²) in [6, 6.07) is 0.393. The molecule has 0 aromatic carbocycles. The smallest absolute Gasteiger partial charge is 0.254 e. The molecule has 2 amide bonds. The third-order valence-corrected chi connectivity index (χ3v) is 6.27. The Bertz CT molecular complexity index is 1050. The van der Waals surface area contributed by atoms with Gasteiger partial charge in [-0.3, -0.25) is 14.9 Å². The molecule has 5 rings (SSSR count). The Hall–Kier alpha value is -3.01. The third kappa shape index (κ3) is 4.12. The van der Waals surface area contributed by atoms with Gasteiger partial charge in [-0.2, -0.15) is 19.6 Å². The number of fused-ring (bicyclic) bond motifs is 1. The van der Waals surface area contributed by atoms with Crippen molar-refractivity contribution in [2.24, 2.45) is 5.41 Å². The van der Waals surface area contributed by atoms with E-state index in [2.05, 4.69) is 26.0 Å². The summed E-state index contributed by atoms with van der Waals surface area (Å²) in [5.41, 5.74) is 1.78. The van der Waals surface area contributed by atoms with E-state index in [4.69, 9.17) is 9.72 Å². The molecule has 3 aliphatic rings. The van der Waals surface area contributed by atoms with Crippen LogP contribution in [-0.4, -0.2) is 57.7 Å². The van der Waals surface area contributed by atoms with Gasteiger partial charge in [-0.1, -0.05) is 12.8 Å². The van der Waals surface area contributed by atoms with Gasteiger partial charge >= 0.3 is 0 Å². The second-order valence-corrected chi connectivity index (χ2v) is 8.84. The highest BCUT2D eigenvalue weighted by Gasteiger charge is 2.34. The predicted molar refractivity (Wildman–Crippen MR) is 114 cm³/mol. The number of hydrogen-bond donors (Lipinski definition) is 3. The number of anilines is 2. The van der Waals surface area contributed by atoms with Gasteiger partial charge in [0.2, 0.25) is 17.8 Å². The first-order valence-corrected chi connectivity index (χ1v) is 10.9. The maximum atomic E-state index is 12.0. The number of aromatic nitrogens is 4. The summed E-state index contributed by atoms with van der Waals surface area (Å²) in [5.74, 6) is 0.487. The SMILES string of the molecule is COCC1(CNc2nc(NC3CC3)n3ncc(/C=C4\CC(=O)NC4=O)c3n2)CCCC1. The fourth-order valence-electron chi connectivity index (χ4n) is 4.46. The Morgan fingerprint density at radius 1 is 1.29 bits per heavy atom. The monoisotopic (exact) mass is 425 g/mol. The van der Waals surface area contributed by atoms with Crippen molar-refractivity contribution in [3.63, 3.8) is 0 Å². The molecular formula is C21H27N7O3.